The van der Waals surface area contributed by atoms with E-state index in [0.29, 0.717) is 19.6 Å². The first-order valence-corrected chi connectivity index (χ1v) is 7.35. The lowest BCUT2D eigenvalue weighted by atomic mass is 9.76. The summed E-state index contributed by atoms with van der Waals surface area (Å²) in [6.45, 7) is 6.40. The minimum atomic E-state index is -0.771. The molecule has 19 heavy (non-hydrogen) atoms. The van der Waals surface area contributed by atoms with Crippen molar-refractivity contribution in [1.82, 2.24) is 0 Å². The molecule has 1 aliphatic carbocycles. The molecule has 0 aliphatic heterocycles. The Kier molecular flexibility index (Phi) is 6.32. The third-order valence-electron chi connectivity index (χ3n) is 3.89. The summed E-state index contributed by atoms with van der Waals surface area (Å²) in [5, 5.41) is 0. The lowest BCUT2D eigenvalue weighted by Gasteiger charge is -2.33. The number of hydrogen-bond donors (Lipinski definition) is 0. The fraction of sp³-hybridized carbons (Fsp3) is 0.867. The van der Waals surface area contributed by atoms with Crippen molar-refractivity contribution in [3.63, 3.8) is 0 Å². The Morgan fingerprint density at radius 2 is 1.63 bits per heavy atom. The smallest absolute Gasteiger partial charge is 0.320 e. The summed E-state index contributed by atoms with van der Waals surface area (Å²) < 4.78 is 10.3. The molecule has 4 nitrogen and oxygen atoms in total. The average Bonchev–Trinajstić information content (AvgIpc) is 2.38. The van der Waals surface area contributed by atoms with E-state index < -0.39 is 17.9 Å². The van der Waals surface area contributed by atoms with Gasteiger partial charge in [0.15, 0.2) is 5.92 Å². The normalized spacial score (nSPS) is 19.5. The highest BCUT2D eigenvalue weighted by atomic mass is 16.6. The molecule has 0 heterocycles. The van der Waals surface area contributed by atoms with E-state index in [2.05, 4.69) is 6.92 Å². The molecule has 4 heteroatoms. The zero-order valence-corrected chi connectivity index (χ0v) is 12.4. The molecule has 0 aromatic carbocycles. The van der Waals surface area contributed by atoms with E-state index in [1.165, 1.54) is 19.3 Å². The number of carbonyl (C=O) groups excluding carboxylic acids is 2. The summed E-state index contributed by atoms with van der Waals surface area (Å²) in [5.74, 6) is -1.68. The van der Waals surface area contributed by atoms with Crippen LogP contribution in [0.4, 0.5) is 0 Å². The molecule has 1 atom stereocenters. The fourth-order valence-corrected chi connectivity index (χ4v) is 2.57. The molecule has 0 amide bonds. The second kappa shape index (κ2) is 7.51. The van der Waals surface area contributed by atoms with E-state index in [-0.39, 0.29) is 5.41 Å². The largest absolute Gasteiger partial charge is 0.465 e. The van der Waals surface area contributed by atoms with Crippen LogP contribution in [0.5, 0.6) is 0 Å². The van der Waals surface area contributed by atoms with Crippen molar-refractivity contribution >= 4 is 11.9 Å². The third kappa shape index (κ3) is 4.84. The van der Waals surface area contributed by atoms with Crippen molar-refractivity contribution in [3.05, 3.63) is 0 Å². The van der Waals surface area contributed by atoms with E-state index in [4.69, 9.17) is 9.47 Å². The van der Waals surface area contributed by atoms with Gasteiger partial charge in [-0.05, 0) is 26.2 Å². The summed E-state index contributed by atoms with van der Waals surface area (Å²) in [7, 11) is 0. The molecule has 1 unspecified atom stereocenters. The van der Waals surface area contributed by atoms with Gasteiger partial charge in [-0.1, -0.05) is 33.1 Å². The quantitative estimate of drug-likeness (QED) is 0.550. The van der Waals surface area contributed by atoms with Crippen LogP contribution in [0.3, 0.4) is 0 Å². The van der Waals surface area contributed by atoms with E-state index in [1.54, 1.807) is 13.8 Å². The van der Waals surface area contributed by atoms with Gasteiger partial charge in [0.05, 0.1) is 13.2 Å². The number of hydrogen-bond acceptors (Lipinski definition) is 4. The van der Waals surface area contributed by atoms with Gasteiger partial charge in [-0.3, -0.25) is 9.59 Å². The summed E-state index contributed by atoms with van der Waals surface area (Å²) in [5.41, 5.74) is 0.0842. The number of rotatable bonds is 6. The first kappa shape index (κ1) is 16.0. The molecule has 1 fully saturated rings. The topological polar surface area (TPSA) is 52.6 Å². The molecule has 1 saturated carbocycles. The number of esters is 2. The van der Waals surface area contributed by atoms with Crippen molar-refractivity contribution in [3.8, 4) is 0 Å². The highest BCUT2D eigenvalue weighted by molar-refractivity contribution is 5.94. The first-order chi connectivity index (χ1) is 9.02. The molecule has 0 spiro atoms. The highest BCUT2D eigenvalue weighted by Gasteiger charge is 2.32. The molecule has 0 bridgehead atoms. The molecule has 0 saturated heterocycles. The van der Waals surface area contributed by atoms with E-state index in [0.717, 1.165) is 12.8 Å². The van der Waals surface area contributed by atoms with Crippen LogP contribution < -0.4 is 0 Å². The maximum Gasteiger partial charge on any atom is 0.320 e. The van der Waals surface area contributed by atoms with Gasteiger partial charge in [-0.2, -0.15) is 0 Å². The highest BCUT2D eigenvalue weighted by Crippen LogP contribution is 2.36. The van der Waals surface area contributed by atoms with E-state index in [1.807, 2.05) is 0 Å². The predicted molar refractivity (Wildman–Crippen MR) is 72.6 cm³/mol. The molecule has 1 rings (SSSR count). The molecule has 110 valence electrons. The van der Waals surface area contributed by atoms with Gasteiger partial charge in [0, 0.05) is 5.41 Å². The minimum Gasteiger partial charge on any atom is -0.465 e. The summed E-state index contributed by atoms with van der Waals surface area (Å²) in [4.78, 5) is 23.6. The zero-order valence-electron chi connectivity index (χ0n) is 12.4. The van der Waals surface area contributed by atoms with E-state index >= 15 is 0 Å². The average molecular weight is 270 g/mol. The van der Waals surface area contributed by atoms with Gasteiger partial charge in [0.25, 0.3) is 0 Å². The van der Waals surface area contributed by atoms with Crippen LogP contribution in [-0.4, -0.2) is 25.2 Å². The van der Waals surface area contributed by atoms with Crippen LogP contribution in [0.2, 0.25) is 0 Å². The zero-order chi connectivity index (χ0) is 14.3. The van der Waals surface area contributed by atoms with Crippen molar-refractivity contribution in [2.24, 2.45) is 11.3 Å². The minimum absolute atomic E-state index is 0.0842. The van der Waals surface area contributed by atoms with Gasteiger partial charge >= 0.3 is 11.9 Å². The lowest BCUT2D eigenvalue weighted by Crippen LogP contribution is -2.32. The molecule has 0 aromatic heterocycles. The van der Waals surface area contributed by atoms with Crippen LogP contribution in [0.15, 0.2) is 0 Å². The standard InChI is InChI=1S/C15H26O4/c1-4-12(13(16)18-5-2)14(17)19-11-15(3)9-7-6-8-10-15/h12H,4-11H2,1-3H3. The Morgan fingerprint density at radius 1 is 1.05 bits per heavy atom. The second-order valence-electron chi connectivity index (χ2n) is 5.69. The number of ether oxygens (including phenoxy) is 2. The Hall–Kier alpha value is -1.06. The second-order valence-corrected chi connectivity index (χ2v) is 5.69. The summed E-state index contributed by atoms with van der Waals surface area (Å²) >= 11 is 0. The van der Waals surface area contributed by atoms with E-state index in [9.17, 15) is 9.59 Å². The van der Waals surface area contributed by atoms with Crippen molar-refractivity contribution < 1.29 is 19.1 Å². The van der Waals surface area contributed by atoms with Crippen LogP contribution in [0, 0.1) is 11.3 Å². The van der Waals surface area contributed by atoms with Gasteiger partial charge in [0.1, 0.15) is 0 Å². The van der Waals surface area contributed by atoms with Gasteiger partial charge < -0.3 is 9.47 Å². The van der Waals surface area contributed by atoms with Gasteiger partial charge in [-0.15, -0.1) is 0 Å². The Bertz CT molecular complexity index is 305. The summed E-state index contributed by atoms with van der Waals surface area (Å²) in [6.07, 6.45) is 6.28. The maximum absolute atomic E-state index is 12.0. The molecule has 0 radical (unpaired) electrons. The molecular formula is C15H26O4. The Morgan fingerprint density at radius 3 is 2.16 bits per heavy atom. The monoisotopic (exact) mass is 270 g/mol. The fourth-order valence-electron chi connectivity index (χ4n) is 2.57. The Labute approximate surface area is 115 Å². The molecular weight excluding hydrogens is 244 g/mol. The summed E-state index contributed by atoms with van der Waals surface area (Å²) in [6, 6.07) is 0. The first-order valence-electron chi connectivity index (χ1n) is 7.35. The van der Waals surface area contributed by atoms with Crippen LogP contribution in [-0.2, 0) is 19.1 Å². The lowest BCUT2D eigenvalue weighted by molar-refractivity contribution is -0.164. The van der Waals surface area contributed by atoms with Crippen LogP contribution in [0.25, 0.3) is 0 Å². The van der Waals surface area contributed by atoms with Crippen LogP contribution in [0.1, 0.15) is 59.3 Å². The van der Waals surface area contributed by atoms with Gasteiger partial charge in [0.2, 0.25) is 0 Å². The third-order valence-corrected chi connectivity index (χ3v) is 3.89. The SMILES string of the molecule is CCOC(=O)C(CC)C(=O)OCC1(C)CCCCC1. The molecule has 0 N–H and O–H groups in total. The molecule has 0 aromatic rings. The van der Waals surface area contributed by atoms with Crippen molar-refractivity contribution in [2.45, 2.75) is 59.3 Å². The van der Waals surface area contributed by atoms with Crippen molar-refractivity contribution in [2.75, 3.05) is 13.2 Å². The van der Waals surface area contributed by atoms with Crippen molar-refractivity contribution in [1.29, 1.82) is 0 Å². The predicted octanol–water partition coefficient (Wildman–Crippen LogP) is 3.09. The van der Waals surface area contributed by atoms with Gasteiger partial charge in [-0.25, -0.2) is 0 Å². The Balaban J connectivity index is 2.46. The van der Waals surface area contributed by atoms with Crippen LogP contribution >= 0.6 is 0 Å². The number of carbonyl (C=O) groups is 2. The maximum atomic E-state index is 12.0. The molecule has 1 aliphatic rings.